The lowest BCUT2D eigenvalue weighted by Gasteiger charge is -2.34. The molecule has 0 spiro atoms. The molecule has 2 amide bonds. The van der Waals surface area contributed by atoms with Crippen molar-refractivity contribution in [1.29, 1.82) is 0 Å². The molecule has 1 aromatic rings. The van der Waals surface area contributed by atoms with Gasteiger partial charge in [0.1, 0.15) is 5.75 Å². The summed E-state index contributed by atoms with van der Waals surface area (Å²) < 4.78 is 5.46. The molecule has 2 unspecified atom stereocenters. The highest BCUT2D eigenvalue weighted by Crippen LogP contribution is 2.21. The number of hydrogen-bond donors (Lipinski definition) is 2. The fourth-order valence-corrected chi connectivity index (χ4v) is 3.08. The van der Waals surface area contributed by atoms with Gasteiger partial charge in [0.05, 0.1) is 12.5 Å². The van der Waals surface area contributed by atoms with Crippen LogP contribution in [0.5, 0.6) is 5.75 Å². The molecule has 24 heavy (non-hydrogen) atoms. The summed E-state index contributed by atoms with van der Waals surface area (Å²) in [5.41, 5.74) is 1.09. The molecule has 2 N–H and O–H groups in total. The number of urea groups is 1. The smallest absolute Gasteiger partial charge is 0.317 e. The van der Waals surface area contributed by atoms with Gasteiger partial charge in [-0.25, -0.2) is 4.79 Å². The third-order valence-corrected chi connectivity index (χ3v) is 4.20. The number of carboxylic acids is 1. The molecular formula is C18H26N2O4. The Morgan fingerprint density at radius 3 is 2.88 bits per heavy atom. The van der Waals surface area contributed by atoms with Crippen molar-refractivity contribution in [2.24, 2.45) is 11.8 Å². The lowest BCUT2D eigenvalue weighted by Crippen LogP contribution is -2.49. The molecule has 1 saturated heterocycles. The summed E-state index contributed by atoms with van der Waals surface area (Å²) in [6, 6.07) is 7.63. The number of likely N-dealkylation sites (tertiary alicyclic amines) is 1. The highest BCUT2D eigenvalue weighted by Gasteiger charge is 2.31. The summed E-state index contributed by atoms with van der Waals surface area (Å²) >= 11 is 0. The van der Waals surface area contributed by atoms with Crippen LogP contribution in [0.3, 0.4) is 0 Å². The number of benzene rings is 1. The number of hydrogen-bond acceptors (Lipinski definition) is 3. The Balaban J connectivity index is 1.82. The summed E-state index contributed by atoms with van der Waals surface area (Å²) in [7, 11) is 0. The summed E-state index contributed by atoms with van der Waals surface area (Å²) in [5.74, 6) is -0.265. The fourth-order valence-electron chi connectivity index (χ4n) is 3.08. The van der Waals surface area contributed by atoms with Crippen LogP contribution in [-0.4, -0.2) is 48.2 Å². The predicted molar refractivity (Wildman–Crippen MR) is 91.2 cm³/mol. The number of ether oxygens (including phenoxy) is 1. The average Bonchev–Trinajstić information content (AvgIpc) is 2.55. The van der Waals surface area contributed by atoms with E-state index >= 15 is 0 Å². The molecule has 132 valence electrons. The van der Waals surface area contributed by atoms with Gasteiger partial charge < -0.3 is 20.1 Å². The second-order valence-corrected chi connectivity index (χ2v) is 6.34. The maximum atomic E-state index is 12.3. The lowest BCUT2D eigenvalue weighted by molar-refractivity contribution is -0.143. The minimum Gasteiger partial charge on any atom is -0.494 e. The number of nitrogens with zero attached hydrogens (tertiary/aromatic N) is 1. The van der Waals surface area contributed by atoms with E-state index in [2.05, 4.69) is 5.32 Å². The Kier molecular flexibility index (Phi) is 6.46. The fraction of sp³-hybridized carbons (Fsp3) is 0.556. The zero-order valence-corrected chi connectivity index (χ0v) is 14.3. The molecule has 0 aliphatic carbocycles. The molecular weight excluding hydrogens is 308 g/mol. The van der Waals surface area contributed by atoms with E-state index in [1.165, 1.54) is 0 Å². The number of carboxylic acid groups (broad SMARTS) is 1. The van der Waals surface area contributed by atoms with E-state index in [1.807, 2.05) is 38.1 Å². The molecule has 0 radical (unpaired) electrons. The Bertz CT molecular complexity index is 576. The molecule has 6 heteroatoms. The van der Waals surface area contributed by atoms with Crippen LogP contribution in [0.15, 0.2) is 24.3 Å². The van der Waals surface area contributed by atoms with Gasteiger partial charge in [0.15, 0.2) is 0 Å². The van der Waals surface area contributed by atoms with E-state index < -0.39 is 11.9 Å². The summed E-state index contributed by atoms with van der Waals surface area (Å²) in [5, 5.41) is 12.1. The number of aliphatic carboxylic acids is 1. The van der Waals surface area contributed by atoms with Gasteiger partial charge in [0, 0.05) is 19.6 Å². The first-order chi connectivity index (χ1) is 11.5. The van der Waals surface area contributed by atoms with Crippen LogP contribution >= 0.6 is 0 Å². The molecule has 6 nitrogen and oxygen atoms in total. The summed E-state index contributed by atoms with van der Waals surface area (Å²) in [6.45, 7) is 5.95. The van der Waals surface area contributed by atoms with E-state index in [0.717, 1.165) is 11.3 Å². The van der Waals surface area contributed by atoms with Crippen LogP contribution < -0.4 is 10.1 Å². The normalized spacial score (nSPS) is 20.5. The van der Waals surface area contributed by atoms with Crippen molar-refractivity contribution in [2.75, 3.05) is 26.2 Å². The molecule has 1 aromatic carbocycles. The lowest BCUT2D eigenvalue weighted by atomic mass is 9.91. The zero-order chi connectivity index (χ0) is 17.5. The first-order valence-corrected chi connectivity index (χ1v) is 8.47. The molecule has 1 aliphatic rings. The van der Waals surface area contributed by atoms with Gasteiger partial charge in [-0.15, -0.1) is 0 Å². The Morgan fingerprint density at radius 2 is 2.17 bits per heavy atom. The Labute approximate surface area is 142 Å². The largest absolute Gasteiger partial charge is 0.494 e. The van der Waals surface area contributed by atoms with Gasteiger partial charge in [-0.2, -0.15) is 0 Å². The minimum atomic E-state index is -0.827. The quantitative estimate of drug-likeness (QED) is 0.837. The van der Waals surface area contributed by atoms with E-state index in [9.17, 15) is 14.7 Å². The molecule has 0 bridgehead atoms. The summed E-state index contributed by atoms with van der Waals surface area (Å²) in [6.07, 6.45) is 1.34. The monoisotopic (exact) mass is 334 g/mol. The standard InChI is InChI=1S/C18H26N2O4/c1-3-24-16-6-4-5-14(10-16)7-8-19-18(23)20-11-13(2)9-15(12-20)17(21)22/h4-6,10,13,15H,3,7-9,11-12H2,1-2H3,(H,19,23)(H,21,22). The second-order valence-electron chi connectivity index (χ2n) is 6.34. The Hall–Kier alpha value is -2.24. The molecule has 0 saturated carbocycles. The maximum absolute atomic E-state index is 12.3. The van der Waals surface area contributed by atoms with Gasteiger partial charge in [-0.05, 0) is 43.4 Å². The zero-order valence-electron chi connectivity index (χ0n) is 14.3. The van der Waals surface area contributed by atoms with Crippen molar-refractivity contribution < 1.29 is 19.4 Å². The minimum absolute atomic E-state index is 0.186. The van der Waals surface area contributed by atoms with Gasteiger partial charge in [0.2, 0.25) is 0 Å². The van der Waals surface area contributed by atoms with E-state index in [1.54, 1.807) is 4.90 Å². The van der Waals surface area contributed by atoms with Crippen molar-refractivity contribution in [3.63, 3.8) is 0 Å². The number of piperidine rings is 1. The number of nitrogens with one attached hydrogen (secondary N) is 1. The van der Waals surface area contributed by atoms with Gasteiger partial charge in [-0.1, -0.05) is 19.1 Å². The van der Waals surface area contributed by atoms with E-state index in [-0.39, 0.29) is 18.5 Å². The van der Waals surface area contributed by atoms with Crippen molar-refractivity contribution in [3.05, 3.63) is 29.8 Å². The van der Waals surface area contributed by atoms with Crippen molar-refractivity contribution >= 4 is 12.0 Å². The van der Waals surface area contributed by atoms with Crippen molar-refractivity contribution in [1.82, 2.24) is 10.2 Å². The molecule has 2 atom stereocenters. The van der Waals surface area contributed by atoms with Gasteiger partial charge >= 0.3 is 12.0 Å². The number of carbonyl (C=O) groups is 2. The van der Waals surface area contributed by atoms with Crippen LogP contribution in [0.2, 0.25) is 0 Å². The maximum Gasteiger partial charge on any atom is 0.317 e. The van der Waals surface area contributed by atoms with E-state index in [0.29, 0.717) is 32.5 Å². The van der Waals surface area contributed by atoms with Crippen LogP contribution in [0.25, 0.3) is 0 Å². The first-order valence-electron chi connectivity index (χ1n) is 8.47. The van der Waals surface area contributed by atoms with Crippen LogP contribution in [0.4, 0.5) is 4.79 Å². The number of carbonyl (C=O) groups excluding carboxylic acids is 1. The van der Waals surface area contributed by atoms with Crippen molar-refractivity contribution in [3.8, 4) is 5.75 Å². The first kappa shape index (κ1) is 18.1. The third-order valence-electron chi connectivity index (χ3n) is 4.20. The Morgan fingerprint density at radius 1 is 1.38 bits per heavy atom. The topological polar surface area (TPSA) is 78.9 Å². The molecule has 1 fully saturated rings. The van der Waals surface area contributed by atoms with Crippen LogP contribution in [0.1, 0.15) is 25.8 Å². The predicted octanol–water partition coefficient (Wildman–Crippen LogP) is 2.38. The van der Waals surface area contributed by atoms with Gasteiger partial charge in [-0.3, -0.25) is 4.79 Å². The molecule has 0 aromatic heterocycles. The van der Waals surface area contributed by atoms with Crippen LogP contribution in [0, 0.1) is 11.8 Å². The highest BCUT2D eigenvalue weighted by molar-refractivity contribution is 5.76. The van der Waals surface area contributed by atoms with Crippen molar-refractivity contribution in [2.45, 2.75) is 26.7 Å². The molecule has 1 heterocycles. The number of rotatable bonds is 6. The average molecular weight is 334 g/mol. The van der Waals surface area contributed by atoms with Crippen LogP contribution in [-0.2, 0) is 11.2 Å². The second kappa shape index (κ2) is 8.57. The molecule has 2 rings (SSSR count). The SMILES string of the molecule is CCOc1cccc(CCNC(=O)N2CC(C)CC(C(=O)O)C2)c1. The van der Waals surface area contributed by atoms with E-state index in [4.69, 9.17) is 4.74 Å². The molecule has 1 aliphatic heterocycles. The van der Waals surface area contributed by atoms with Gasteiger partial charge in [0.25, 0.3) is 0 Å². The number of amides is 2. The summed E-state index contributed by atoms with van der Waals surface area (Å²) in [4.78, 5) is 25.1. The third kappa shape index (κ3) is 5.15. The highest BCUT2D eigenvalue weighted by atomic mass is 16.5.